The molecule has 0 amide bonds. The van der Waals surface area contributed by atoms with Crippen LogP contribution in [-0.4, -0.2) is 51.1 Å². The molecule has 41 heavy (non-hydrogen) atoms. The number of aromatic nitrogens is 6. The molecule has 12 heteroatoms. The minimum Gasteiger partial charge on any atom is -0.497 e. The summed E-state index contributed by atoms with van der Waals surface area (Å²) in [5.41, 5.74) is 3.78. The molecule has 11 nitrogen and oxygen atoms in total. The second-order valence-corrected chi connectivity index (χ2v) is 9.57. The molecule has 0 spiro atoms. The zero-order valence-electron chi connectivity index (χ0n) is 22.0. The zero-order chi connectivity index (χ0) is 28.2. The molecular weight excluding hydrogens is 592 g/mol. The van der Waals surface area contributed by atoms with Crippen LogP contribution in [0.5, 0.6) is 34.8 Å². The highest BCUT2D eigenvalue weighted by Gasteiger charge is 2.25. The van der Waals surface area contributed by atoms with Crippen molar-refractivity contribution in [1.82, 2.24) is 30.6 Å². The summed E-state index contributed by atoms with van der Waals surface area (Å²) >= 11 is 3.36. The highest BCUT2D eigenvalue weighted by atomic mass is 79.9. The van der Waals surface area contributed by atoms with Gasteiger partial charge in [0, 0.05) is 29.0 Å². The summed E-state index contributed by atoms with van der Waals surface area (Å²) in [6.45, 7) is 2.36. The Morgan fingerprint density at radius 2 is 1.80 bits per heavy atom. The standard InChI is InChI=1S/C29H23BrN6O5/c1-17-21(5-4-14-38-25-7-3-6-24(30)32-25)26(18-8-10-19(37-2)11-9-18)27(28-33-35-36-34-28)29(31-17)41-20-12-13-22-23(15-20)40-16-39-22/h3-13,15H,14,16H2,1-2H3,(H,33,34,35,36). The molecule has 0 saturated heterocycles. The summed E-state index contributed by atoms with van der Waals surface area (Å²) in [7, 11) is 1.63. The highest BCUT2D eigenvalue weighted by Crippen LogP contribution is 2.44. The highest BCUT2D eigenvalue weighted by molar-refractivity contribution is 9.10. The maximum absolute atomic E-state index is 6.34. The fraction of sp³-hybridized carbons (Fsp3) is 0.138. The number of tetrazole rings is 1. The lowest BCUT2D eigenvalue weighted by Gasteiger charge is -2.18. The molecule has 4 heterocycles. The second kappa shape index (κ2) is 11.6. The Kier molecular flexibility index (Phi) is 7.46. The van der Waals surface area contributed by atoms with Crippen LogP contribution in [0.15, 0.2) is 71.3 Å². The lowest BCUT2D eigenvalue weighted by atomic mass is 9.93. The van der Waals surface area contributed by atoms with Crippen LogP contribution in [0.25, 0.3) is 28.6 Å². The Morgan fingerprint density at radius 3 is 2.59 bits per heavy atom. The second-order valence-electron chi connectivity index (χ2n) is 8.76. The van der Waals surface area contributed by atoms with E-state index in [1.54, 1.807) is 31.4 Å². The molecule has 1 aliphatic rings. The van der Waals surface area contributed by atoms with E-state index < -0.39 is 0 Å². The lowest BCUT2D eigenvalue weighted by Crippen LogP contribution is -2.03. The van der Waals surface area contributed by atoms with Crippen molar-refractivity contribution < 1.29 is 23.7 Å². The third-order valence-electron chi connectivity index (χ3n) is 6.20. The molecule has 3 aromatic heterocycles. The van der Waals surface area contributed by atoms with Gasteiger partial charge >= 0.3 is 0 Å². The average molecular weight is 615 g/mol. The van der Waals surface area contributed by atoms with Gasteiger partial charge in [0.25, 0.3) is 0 Å². The van der Waals surface area contributed by atoms with Crippen LogP contribution in [0.2, 0.25) is 0 Å². The number of ether oxygens (including phenoxy) is 5. The summed E-state index contributed by atoms with van der Waals surface area (Å²) in [6, 6.07) is 18.5. The Bertz CT molecular complexity index is 1710. The smallest absolute Gasteiger partial charge is 0.231 e. The van der Waals surface area contributed by atoms with Gasteiger partial charge in [-0.1, -0.05) is 24.3 Å². The van der Waals surface area contributed by atoms with Gasteiger partial charge in [-0.3, -0.25) is 0 Å². The van der Waals surface area contributed by atoms with Gasteiger partial charge in [-0.05, 0) is 70.0 Å². The first-order chi connectivity index (χ1) is 20.1. The van der Waals surface area contributed by atoms with Crippen LogP contribution in [0, 0.1) is 6.92 Å². The number of methoxy groups -OCH3 is 1. The van der Waals surface area contributed by atoms with Crippen molar-refractivity contribution in [3.8, 4) is 57.3 Å². The number of H-pyrrole nitrogens is 1. The molecule has 0 bridgehead atoms. The molecule has 0 fully saturated rings. The number of hydrogen-bond donors (Lipinski definition) is 1. The maximum Gasteiger partial charge on any atom is 0.231 e. The monoisotopic (exact) mass is 614 g/mol. The molecule has 206 valence electrons. The number of nitrogens with one attached hydrogen (secondary N) is 1. The molecule has 0 unspecified atom stereocenters. The quantitative estimate of drug-likeness (QED) is 0.197. The van der Waals surface area contributed by atoms with E-state index in [9.17, 15) is 0 Å². The Hall–Kier alpha value is -4.97. The summed E-state index contributed by atoms with van der Waals surface area (Å²) in [5, 5.41) is 14.9. The summed E-state index contributed by atoms with van der Waals surface area (Å²) < 4.78 is 29.2. The molecule has 1 aliphatic heterocycles. The molecule has 0 saturated carbocycles. The number of aryl methyl sites for hydroxylation is 1. The van der Waals surface area contributed by atoms with Crippen LogP contribution in [0.4, 0.5) is 0 Å². The number of nitrogens with zero attached hydrogens (tertiary/aromatic N) is 5. The Labute approximate surface area is 243 Å². The van der Waals surface area contributed by atoms with E-state index in [0.29, 0.717) is 45.0 Å². The maximum atomic E-state index is 6.34. The van der Waals surface area contributed by atoms with E-state index in [0.717, 1.165) is 28.1 Å². The van der Waals surface area contributed by atoms with Crippen LogP contribution in [0.1, 0.15) is 11.3 Å². The first kappa shape index (κ1) is 26.3. The van der Waals surface area contributed by atoms with E-state index in [2.05, 4.69) is 41.5 Å². The SMILES string of the molecule is COc1ccc(-c2c(C=CCOc3cccc(Br)n3)c(C)nc(Oc3ccc4c(c3)OCO4)c2-c2nn[nH]n2)cc1. The average Bonchev–Trinajstić information content (AvgIpc) is 3.68. The Morgan fingerprint density at radius 1 is 0.976 bits per heavy atom. The van der Waals surface area contributed by atoms with Gasteiger partial charge < -0.3 is 23.7 Å². The number of aromatic amines is 1. The Balaban J connectivity index is 1.45. The molecule has 1 N–H and O–H groups in total. The largest absolute Gasteiger partial charge is 0.497 e. The molecule has 0 radical (unpaired) electrons. The third kappa shape index (κ3) is 5.68. The number of fused-ring (bicyclic) bond motifs is 1. The van der Waals surface area contributed by atoms with Crippen molar-refractivity contribution in [2.45, 2.75) is 6.92 Å². The number of halogens is 1. The lowest BCUT2D eigenvalue weighted by molar-refractivity contribution is 0.174. The van der Waals surface area contributed by atoms with Crippen molar-refractivity contribution in [1.29, 1.82) is 0 Å². The van der Waals surface area contributed by atoms with Gasteiger partial charge in [0.15, 0.2) is 11.5 Å². The fourth-order valence-corrected chi connectivity index (χ4v) is 4.65. The minimum atomic E-state index is 0.161. The molecule has 0 atom stereocenters. The molecule has 6 rings (SSSR count). The van der Waals surface area contributed by atoms with Crippen molar-refractivity contribution in [2.24, 2.45) is 0 Å². The summed E-state index contributed by atoms with van der Waals surface area (Å²) in [6.07, 6.45) is 3.85. The van der Waals surface area contributed by atoms with E-state index in [1.165, 1.54) is 0 Å². The van der Waals surface area contributed by atoms with Crippen LogP contribution >= 0.6 is 15.9 Å². The van der Waals surface area contributed by atoms with E-state index in [4.69, 9.17) is 28.7 Å². The van der Waals surface area contributed by atoms with E-state index in [-0.39, 0.29) is 13.4 Å². The number of benzene rings is 2. The van der Waals surface area contributed by atoms with Crippen LogP contribution in [0.3, 0.4) is 0 Å². The van der Waals surface area contributed by atoms with Gasteiger partial charge in [-0.2, -0.15) is 5.21 Å². The van der Waals surface area contributed by atoms with Gasteiger partial charge in [0.1, 0.15) is 22.7 Å². The van der Waals surface area contributed by atoms with Crippen LogP contribution < -0.4 is 23.7 Å². The van der Waals surface area contributed by atoms with Gasteiger partial charge in [-0.25, -0.2) is 9.97 Å². The first-order valence-corrected chi connectivity index (χ1v) is 13.3. The molecule has 2 aromatic carbocycles. The van der Waals surface area contributed by atoms with Crippen LogP contribution in [-0.2, 0) is 0 Å². The van der Waals surface area contributed by atoms with Crippen molar-refractivity contribution >= 4 is 22.0 Å². The van der Waals surface area contributed by atoms with Gasteiger partial charge in [0.2, 0.25) is 24.4 Å². The summed E-state index contributed by atoms with van der Waals surface area (Å²) in [4.78, 5) is 9.15. The third-order valence-corrected chi connectivity index (χ3v) is 6.64. The van der Waals surface area contributed by atoms with Crippen molar-refractivity contribution in [3.05, 3.63) is 82.6 Å². The molecule has 5 aromatic rings. The predicted molar refractivity (Wildman–Crippen MR) is 153 cm³/mol. The number of hydrogen-bond acceptors (Lipinski definition) is 10. The fourth-order valence-electron chi connectivity index (χ4n) is 4.32. The first-order valence-electron chi connectivity index (χ1n) is 12.5. The zero-order valence-corrected chi connectivity index (χ0v) is 23.6. The topological polar surface area (TPSA) is 126 Å². The normalized spacial score (nSPS) is 12.1. The molecule has 0 aliphatic carbocycles. The number of rotatable bonds is 9. The van der Waals surface area contributed by atoms with Crippen molar-refractivity contribution in [3.63, 3.8) is 0 Å². The van der Waals surface area contributed by atoms with E-state index in [1.807, 2.05) is 55.5 Å². The molecular formula is C29H23BrN6O5. The number of pyridine rings is 2. The van der Waals surface area contributed by atoms with Gasteiger partial charge in [0.05, 0.1) is 12.7 Å². The van der Waals surface area contributed by atoms with E-state index >= 15 is 0 Å². The summed E-state index contributed by atoms with van der Waals surface area (Å²) in [5.74, 6) is 3.63. The predicted octanol–water partition coefficient (Wildman–Crippen LogP) is 6.02. The van der Waals surface area contributed by atoms with Crippen molar-refractivity contribution in [2.75, 3.05) is 20.5 Å². The van der Waals surface area contributed by atoms with Gasteiger partial charge in [-0.15, -0.1) is 10.2 Å². The minimum absolute atomic E-state index is 0.161.